The van der Waals surface area contributed by atoms with Crippen molar-refractivity contribution in [3.05, 3.63) is 36.9 Å². The van der Waals surface area contributed by atoms with Gasteiger partial charge in [0.2, 0.25) is 11.8 Å². The van der Waals surface area contributed by atoms with Crippen LogP contribution >= 0.6 is 0 Å². The van der Waals surface area contributed by atoms with Gasteiger partial charge in [0, 0.05) is 18.3 Å². The molecule has 0 aliphatic rings. The van der Waals surface area contributed by atoms with E-state index in [9.17, 15) is 18.0 Å². The Hall–Kier alpha value is -2.15. The third kappa shape index (κ3) is 5.66. The first kappa shape index (κ1) is 15.9. The highest BCUT2D eigenvalue weighted by molar-refractivity contribution is 7.92. The van der Waals surface area contributed by atoms with E-state index in [1.807, 2.05) is 0 Å². The van der Waals surface area contributed by atoms with Crippen LogP contribution in [0.15, 0.2) is 36.9 Å². The monoisotopic (exact) mass is 296 g/mol. The Balaban J connectivity index is 2.71. The molecule has 1 aromatic carbocycles. The zero-order chi connectivity index (χ0) is 15.2. The van der Waals surface area contributed by atoms with Gasteiger partial charge in [-0.2, -0.15) is 0 Å². The van der Waals surface area contributed by atoms with Gasteiger partial charge in [-0.25, -0.2) is 8.42 Å². The minimum Gasteiger partial charge on any atom is -0.326 e. The fourth-order valence-electron chi connectivity index (χ4n) is 1.51. The molecule has 0 spiro atoms. The van der Waals surface area contributed by atoms with E-state index in [2.05, 4.69) is 17.2 Å². The Labute approximate surface area is 117 Å². The topological polar surface area (TPSA) is 92.3 Å². The van der Waals surface area contributed by atoms with Crippen molar-refractivity contribution in [2.24, 2.45) is 0 Å². The molecular formula is C13H16N2O4S. The number of nitrogens with one attached hydrogen (secondary N) is 2. The Bertz CT molecular complexity index is 623. The van der Waals surface area contributed by atoms with E-state index >= 15 is 0 Å². The Morgan fingerprint density at radius 2 is 1.85 bits per heavy atom. The van der Waals surface area contributed by atoms with Crippen molar-refractivity contribution in [1.82, 2.24) is 0 Å². The smallest absolute Gasteiger partial charge is 0.239 e. The number of sulfone groups is 1. The molecule has 0 bridgehead atoms. The maximum Gasteiger partial charge on any atom is 0.239 e. The molecule has 1 rings (SSSR count). The molecular weight excluding hydrogens is 280 g/mol. The summed E-state index contributed by atoms with van der Waals surface area (Å²) in [7, 11) is -3.48. The van der Waals surface area contributed by atoms with Gasteiger partial charge in [-0.15, -0.1) is 6.58 Å². The number of carbonyl (C=O) groups is 2. The van der Waals surface area contributed by atoms with Gasteiger partial charge in [0.1, 0.15) is 5.75 Å². The van der Waals surface area contributed by atoms with Crippen LogP contribution in [0.5, 0.6) is 0 Å². The van der Waals surface area contributed by atoms with Gasteiger partial charge in [-0.05, 0) is 18.2 Å². The molecule has 1 aromatic rings. The molecule has 0 saturated carbocycles. The molecule has 0 aliphatic heterocycles. The van der Waals surface area contributed by atoms with Gasteiger partial charge in [0.15, 0.2) is 9.84 Å². The first-order valence-electron chi connectivity index (χ1n) is 5.81. The minimum atomic E-state index is -3.48. The standard InChI is InChI=1S/C13H16N2O4S/c1-3-7-20(18,19)9-13(17)15-12-6-4-5-11(8-12)14-10(2)16/h3-6,8H,1,7,9H2,2H3,(H,14,16)(H,15,17). The van der Waals surface area contributed by atoms with E-state index in [0.29, 0.717) is 11.4 Å². The first-order chi connectivity index (χ1) is 9.32. The Kier molecular flexibility index (Phi) is 5.45. The summed E-state index contributed by atoms with van der Waals surface area (Å²) in [6, 6.07) is 6.44. The highest BCUT2D eigenvalue weighted by Gasteiger charge is 2.15. The van der Waals surface area contributed by atoms with Crippen LogP contribution in [-0.4, -0.2) is 31.7 Å². The summed E-state index contributed by atoms with van der Waals surface area (Å²) in [5.41, 5.74) is 0.930. The molecule has 7 heteroatoms. The van der Waals surface area contributed by atoms with Crippen molar-refractivity contribution in [1.29, 1.82) is 0 Å². The summed E-state index contributed by atoms with van der Waals surface area (Å²) >= 11 is 0. The number of anilines is 2. The number of rotatable bonds is 6. The first-order valence-corrected chi connectivity index (χ1v) is 7.63. The molecule has 0 unspecified atom stereocenters. The second-order valence-electron chi connectivity index (χ2n) is 4.15. The van der Waals surface area contributed by atoms with Gasteiger partial charge in [0.05, 0.1) is 5.75 Å². The van der Waals surface area contributed by atoms with Crippen molar-refractivity contribution in [2.75, 3.05) is 22.1 Å². The maximum atomic E-state index is 11.6. The number of benzene rings is 1. The van der Waals surface area contributed by atoms with Crippen LogP contribution in [0.25, 0.3) is 0 Å². The molecule has 2 N–H and O–H groups in total. The van der Waals surface area contributed by atoms with Crippen LogP contribution in [0.1, 0.15) is 6.92 Å². The predicted octanol–water partition coefficient (Wildman–Crippen LogP) is 1.18. The van der Waals surface area contributed by atoms with Gasteiger partial charge in [0.25, 0.3) is 0 Å². The molecule has 0 aliphatic carbocycles. The SMILES string of the molecule is C=CCS(=O)(=O)CC(=O)Nc1cccc(NC(C)=O)c1. The highest BCUT2D eigenvalue weighted by atomic mass is 32.2. The minimum absolute atomic E-state index is 0.234. The van der Waals surface area contributed by atoms with E-state index < -0.39 is 21.5 Å². The molecule has 6 nitrogen and oxygen atoms in total. The van der Waals surface area contributed by atoms with E-state index in [4.69, 9.17) is 0 Å². The zero-order valence-electron chi connectivity index (χ0n) is 11.0. The van der Waals surface area contributed by atoms with Gasteiger partial charge in [-0.3, -0.25) is 9.59 Å². The van der Waals surface area contributed by atoms with Crippen LogP contribution in [0, 0.1) is 0 Å². The zero-order valence-corrected chi connectivity index (χ0v) is 11.9. The summed E-state index contributed by atoms with van der Waals surface area (Å²) in [4.78, 5) is 22.5. The Morgan fingerprint density at radius 3 is 2.40 bits per heavy atom. The summed E-state index contributed by atoms with van der Waals surface area (Å²) < 4.78 is 22.9. The molecule has 108 valence electrons. The van der Waals surface area contributed by atoms with Crippen LogP contribution in [-0.2, 0) is 19.4 Å². The van der Waals surface area contributed by atoms with Crippen molar-refractivity contribution >= 4 is 33.0 Å². The second-order valence-corrected chi connectivity index (χ2v) is 6.26. The fraction of sp³-hybridized carbons (Fsp3) is 0.231. The van der Waals surface area contributed by atoms with Crippen LogP contribution in [0.4, 0.5) is 11.4 Å². The largest absolute Gasteiger partial charge is 0.326 e. The maximum absolute atomic E-state index is 11.6. The van der Waals surface area contributed by atoms with Crippen molar-refractivity contribution in [3.8, 4) is 0 Å². The van der Waals surface area contributed by atoms with E-state index in [1.54, 1.807) is 24.3 Å². The van der Waals surface area contributed by atoms with Crippen molar-refractivity contribution in [2.45, 2.75) is 6.92 Å². The third-order valence-corrected chi connectivity index (χ3v) is 3.64. The molecule has 0 fully saturated rings. The molecule has 0 aromatic heterocycles. The lowest BCUT2D eigenvalue weighted by molar-refractivity contribution is -0.114. The van der Waals surface area contributed by atoms with Crippen LogP contribution < -0.4 is 10.6 Å². The summed E-state index contributed by atoms with van der Waals surface area (Å²) in [6.07, 6.45) is 1.24. The number of hydrogen-bond acceptors (Lipinski definition) is 4. The van der Waals surface area contributed by atoms with Gasteiger partial charge >= 0.3 is 0 Å². The lowest BCUT2D eigenvalue weighted by Crippen LogP contribution is -2.24. The number of carbonyl (C=O) groups excluding carboxylic acids is 2. The quantitative estimate of drug-likeness (QED) is 0.771. The fourth-order valence-corrected chi connectivity index (χ4v) is 2.46. The van der Waals surface area contributed by atoms with Crippen molar-refractivity contribution in [3.63, 3.8) is 0 Å². The van der Waals surface area contributed by atoms with E-state index in [-0.39, 0.29) is 11.7 Å². The summed E-state index contributed by atoms with van der Waals surface area (Å²) in [5, 5.41) is 5.03. The Morgan fingerprint density at radius 1 is 1.25 bits per heavy atom. The van der Waals surface area contributed by atoms with E-state index in [0.717, 1.165) is 0 Å². The van der Waals surface area contributed by atoms with Gasteiger partial charge in [-0.1, -0.05) is 12.1 Å². The lowest BCUT2D eigenvalue weighted by atomic mass is 10.2. The number of amides is 2. The summed E-state index contributed by atoms with van der Waals surface area (Å²) in [5.74, 6) is -1.72. The molecule has 2 amide bonds. The van der Waals surface area contributed by atoms with Crippen LogP contribution in [0.2, 0.25) is 0 Å². The third-order valence-electron chi connectivity index (χ3n) is 2.19. The molecule has 0 heterocycles. The molecule has 0 radical (unpaired) electrons. The lowest BCUT2D eigenvalue weighted by Gasteiger charge is -2.07. The molecule has 20 heavy (non-hydrogen) atoms. The predicted molar refractivity (Wildman–Crippen MR) is 78.2 cm³/mol. The van der Waals surface area contributed by atoms with Crippen LogP contribution in [0.3, 0.4) is 0 Å². The van der Waals surface area contributed by atoms with Crippen molar-refractivity contribution < 1.29 is 18.0 Å². The van der Waals surface area contributed by atoms with Gasteiger partial charge < -0.3 is 10.6 Å². The average Bonchev–Trinajstić information content (AvgIpc) is 2.26. The van der Waals surface area contributed by atoms with E-state index in [1.165, 1.54) is 13.0 Å². The molecule has 0 atom stereocenters. The summed E-state index contributed by atoms with van der Waals surface area (Å²) in [6.45, 7) is 4.69. The number of hydrogen-bond donors (Lipinski definition) is 2. The average molecular weight is 296 g/mol. The second kappa shape index (κ2) is 6.85. The molecule has 0 saturated heterocycles. The highest BCUT2D eigenvalue weighted by Crippen LogP contribution is 2.15. The normalized spacial score (nSPS) is 10.7.